The molecule has 3 rings (SSSR count). The van der Waals surface area contributed by atoms with Crippen molar-refractivity contribution in [3.8, 4) is 5.88 Å². The first-order valence-electron chi connectivity index (χ1n) is 8.73. The molecule has 0 atom stereocenters. The second kappa shape index (κ2) is 8.40. The Hall–Kier alpha value is -3.62. The summed E-state index contributed by atoms with van der Waals surface area (Å²) in [7, 11) is 1.44. The molecule has 0 aliphatic rings. The van der Waals surface area contributed by atoms with Crippen LogP contribution in [0.3, 0.4) is 0 Å². The van der Waals surface area contributed by atoms with Crippen LogP contribution in [-0.2, 0) is 6.18 Å². The van der Waals surface area contributed by atoms with Gasteiger partial charge < -0.3 is 15.4 Å². The Balaban J connectivity index is 1.96. The van der Waals surface area contributed by atoms with E-state index < -0.39 is 23.5 Å². The van der Waals surface area contributed by atoms with Crippen molar-refractivity contribution < 1.29 is 27.1 Å². The van der Waals surface area contributed by atoms with Crippen molar-refractivity contribution in [2.75, 3.05) is 17.7 Å². The zero-order valence-corrected chi connectivity index (χ0v) is 16.0. The van der Waals surface area contributed by atoms with Crippen LogP contribution in [-0.4, -0.2) is 18.0 Å². The fraction of sp³-hybridized carbons (Fsp3) is 0.143. The van der Waals surface area contributed by atoms with Crippen LogP contribution in [0.25, 0.3) is 0 Å². The Bertz CT molecular complexity index is 1070. The second-order valence-electron chi connectivity index (χ2n) is 6.39. The van der Waals surface area contributed by atoms with Gasteiger partial charge >= 0.3 is 6.18 Å². The number of anilines is 3. The molecular formula is C21H17F4N3O2. The van der Waals surface area contributed by atoms with Crippen molar-refractivity contribution in [1.29, 1.82) is 0 Å². The van der Waals surface area contributed by atoms with E-state index in [2.05, 4.69) is 15.6 Å². The van der Waals surface area contributed by atoms with Gasteiger partial charge in [0, 0.05) is 11.8 Å². The zero-order valence-electron chi connectivity index (χ0n) is 16.0. The monoisotopic (exact) mass is 419 g/mol. The van der Waals surface area contributed by atoms with Gasteiger partial charge in [-0.2, -0.15) is 13.2 Å². The third kappa shape index (κ3) is 4.86. The van der Waals surface area contributed by atoms with Gasteiger partial charge in [0.2, 0.25) is 5.88 Å². The van der Waals surface area contributed by atoms with Gasteiger partial charge in [0.15, 0.2) is 0 Å². The number of ether oxygens (including phenoxy) is 1. The lowest BCUT2D eigenvalue weighted by molar-refractivity contribution is -0.137. The summed E-state index contributed by atoms with van der Waals surface area (Å²) in [5.74, 6) is -0.776. The number of pyridine rings is 1. The van der Waals surface area contributed by atoms with E-state index in [0.717, 1.165) is 18.2 Å². The number of benzene rings is 2. The number of nitrogens with zero attached hydrogens (tertiary/aromatic N) is 1. The second-order valence-corrected chi connectivity index (χ2v) is 6.39. The summed E-state index contributed by atoms with van der Waals surface area (Å²) in [6.45, 7) is 1.60. The molecular weight excluding hydrogens is 402 g/mol. The van der Waals surface area contributed by atoms with E-state index in [4.69, 9.17) is 4.74 Å². The van der Waals surface area contributed by atoms with Gasteiger partial charge in [0.25, 0.3) is 5.91 Å². The number of carbonyl (C=O) groups excluding carboxylic acids is 1. The molecule has 0 radical (unpaired) electrons. The Kier molecular flexibility index (Phi) is 5.91. The van der Waals surface area contributed by atoms with E-state index >= 15 is 0 Å². The van der Waals surface area contributed by atoms with Crippen LogP contribution in [0, 0.1) is 12.7 Å². The first kappa shape index (κ1) is 21.1. The number of amides is 1. The van der Waals surface area contributed by atoms with Crippen LogP contribution >= 0.6 is 0 Å². The summed E-state index contributed by atoms with van der Waals surface area (Å²) < 4.78 is 57.9. The standard InChI is InChI=1S/C21H17F4N3O2/c1-12-9-14(22)4-7-17(12)28-18-10-13(21(23,24)25)3-6-16(18)20(29)27-15-5-8-19(30-2)26-11-15/h3-11,28H,1-2H3,(H,27,29). The fourth-order valence-corrected chi connectivity index (χ4v) is 2.71. The number of rotatable bonds is 5. The first-order valence-corrected chi connectivity index (χ1v) is 8.73. The highest BCUT2D eigenvalue weighted by Crippen LogP contribution is 2.34. The average molecular weight is 419 g/mol. The molecule has 1 aromatic heterocycles. The fourth-order valence-electron chi connectivity index (χ4n) is 2.71. The number of hydrogen-bond donors (Lipinski definition) is 2. The van der Waals surface area contributed by atoms with Gasteiger partial charge in [-0.1, -0.05) is 0 Å². The lowest BCUT2D eigenvalue weighted by Gasteiger charge is -2.16. The summed E-state index contributed by atoms with van der Waals surface area (Å²) in [4.78, 5) is 16.7. The van der Waals surface area contributed by atoms with Crippen molar-refractivity contribution in [3.63, 3.8) is 0 Å². The first-order chi connectivity index (χ1) is 14.2. The smallest absolute Gasteiger partial charge is 0.416 e. The number of aromatic nitrogens is 1. The largest absolute Gasteiger partial charge is 0.481 e. The third-order valence-corrected chi connectivity index (χ3v) is 4.25. The SMILES string of the molecule is COc1ccc(NC(=O)c2ccc(C(F)(F)F)cc2Nc2ccc(F)cc2C)cn1. The van der Waals surface area contributed by atoms with Gasteiger partial charge in [-0.3, -0.25) is 4.79 Å². The normalized spacial score (nSPS) is 11.1. The molecule has 0 aliphatic heterocycles. The quantitative estimate of drug-likeness (QED) is 0.532. The average Bonchev–Trinajstić information content (AvgIpc) is 2.70. The lowest BCUT2D eigenvalue weighted by atomic mass is 10.1. The molecule has 1 heterocycles. The number of carbonyl (C=O) groups is 1. The maximum Gasteiger partial charge on any atom is 0.416 e. The minimum Gasteiger partial charge on any atom is -0.481 e. The maximum absolute atomic E-state index is 13.4. The summed E-state index contributed by atoms with van der Waals surface area (Å²) in [6, 6.07) is 9.61. The van der Waals surface area contributed by atoms with E-state index in [0.29, 0.717) is 22.8 Å². The Morgan fingerprint density at radius 1 is 1.03 bits per heavy atom. The maximum atomic E-state index is 13.4. The number of methoxy groups -OCH3 is 1. The summed E-state index contributed by atoms with van der Waals surface area (Å²) >= 11 is 0. The molecule has 0 saturated heterocycles. The highest BCUT2D eigenvalue weighted by atomic mass is 19.4. The van der Waals surface area contributed by atoms with E-state index in [9.17, 15) is 22.4 Å². The molecule has 2 aromatic carbocycles. The zero-order chi connectivity index (χ0) is 21.9. The summed E-state index contributed by atoms with van der Waals surface area (Å²) in [5.41, 5.74) is 0.159. The predicted molar refractivity (Wildman–Crippen MR) is 105 cm³/mol. The summed E-state index contributed by atoms with van der Waals surface area (Å²) in [6.07, 6.45) is -3.23. The van der Waals surface area contributed by atoms with E-state index in [-0.39, 0.29) is 11.3 Å². The van der Waals surface area contributed by atoms with Crippen molar-refractivity contribution in [3.05, 3.63) is 77.2 Å². The molecule has 0 bridgehead atoms. The van der Waals surface area contributed by atoms with Gasteiger partial charge in [0.05, 0.1) is 35.8 Å². The van der Waals surface area contributed by atoms with Crippen LogP contribution in [0.1, 0.15) is 21.5 Å². The van der Waals surface area contributed by atoms with Crippen LogP contribution in [0.4, 0.5) is 34.6 Å². The Labute approximate surface area is 169 Å². The third-order valence-electron chi connectivity index (χ3n) is 4.25. The van der Waals surface area contributed by atoms with Crippen LogP contribution in [0.15, 0.2) is 54.7 Å². The number of aryl methyl sites for hydroxylation is 1. The van der Waals surface area contributed by atoms with Crippen LogP contribution in [0.2, 0.25) is 0 Å². The van der Waals surface area contributed by atoms with Crippen molar-refractivity contribution in [2.24, 2.45) is 0 Å². The van der Waals surface area contributed by atoms with E-state index in [1.54, 1.807) is 13.0 Å². The van der Waals surface area contributed by atoms with Gasteiger partial charge in [0.1, 0.15) is 5.82 Å². The molecule has 0 spiro atoms. The molecule has 0 aliphatic carbocycles. The molecule has 0 unspecified atom stereocenters. The minimum atomic E-state index is -4.59. The molecule has 1 amide bonds. The van der Waals surface area contributed by atoms with Crippen molar-refractivity contribution >= 4 is 23.0 Å². The van der Waals surface area contributed by atoms with Gasteiger partial charge in [-0.25, -0.2) is 9.37 Å². The molecule has 0 fully saturated rings. The topological polar surface area (TPSA) is 63.2 Å². The molecule has 3 aromatic rings. The molecule has 2 N–H and O–H groups in total. The van der Waals surface area contributed by atoms with E-state index in [1.165, 1.54) is 37.6 Å². The Morgan fingerprint density at radius 2 is 1.80 bits per heavy atom. The molecule has 30 heavy (non-hydrogen) atoms. The minimum absolute atomic E-state index is 0.0254. The van der Waals surface area contributed by atoms with Crippen molar-refractivity contribution in [2.45, 2.75) is 13.1 Å². The number of hydrogen-bond acceptors (Lipinski definition) is 4. The highest BCUT2D eigenvalue weighted by Gasteiger charge is 2.31. The number of nitrogens with one attached hydrogen (secondary N) is 2. The van der Waals surface area contributed by atoms with Gasteiger partial charge in [-0.05, 0) is 55.0 Å². The summed E-state index contributed by atoms with van der Waals surface area (Å²) in [5, 5.41) is 5.38. The molecule has 9 heteroatoms. The Morgan fingerprint density at radius 3 is 2.40 bits per heavy atom. The van der Waals surface area contributed by atoms with Gasteiger partial charge in [-0.15, -0.1) is 0 Å². The number of alkyl halides is 3. The highest BCUT2D eigenvalue weighted by molar-refractivity contribution is 6.08. The van der Waals surface area contributed by atoms with Crippen LogP contribution < -0.4 is 15.4 Å². The molecule has 0 saturated carbocycles. The van der Waals surface area contributed by atoms with E-state index in [1.807, 2.05) is 0 Å². The van der Waals surface area contributed by atoms with Crippen LogP contribution in [0.5, 0.6) is 5.88 Å². The predicted octanol–water partition coefficient (Wildman–Crippen LogP) is 5.55. The number of halogens is 4. The lowest BCUT2D eigenvalue weighted by Crippen LogP contribution is -2.15. The van der Waals surface area contributed by atoms with Crippen molar-refractivity contribution in [1.82, 2.24) is 4.98 Å². The molecule has 156 valence electrons. The molecule has 5 nitrogen and oxygen atoms in total.